The molecule has 5 nitrogen and oxygen atoms in total. The Morgan fingerprint density at radius 2 is 2.18 bits per heavy atom. The zero-order valence-electron chi connectivity index (χ0n) is 11.9. The van der Waals surface area contributed by atoms with Crippen LogP contribution in [0.2, 0.25) is 5.02 Å². The molecule has 1 amide bonds. The topological polar surface area (TPSA) is 70.9 Å². The molecule has 114 valence electrons. The SMILES string of the molecule is CCOc1cc(/C=N\NC(=O)c2cccc(Cl)c2)ccc1O. The maximum Gasteiger partial charge on any atom is 0.271 e. The molecule has 0 radical (unpaired) electrons. The number of hydrogen-bond acceptors (Lipinski definition) is 4. The van der Waals surface area contributed by atoms with Gasteiger partial charge in [-0.05, 0) is 48.9 Å². The second kappa shape index (κ2) is 7.47. The average molecular weight is 319 g/mol. The lowest BCUT2D eigenvalue weighted by Gasteiger charge is -2.06. The van der Waals surface area contributed by atoms with Gasteiger partial charge in [-0.1, -0.05) is 17.7 Å². The molecule has 0 aliphatic carbocycles. The third-order valence-electron chi connectivity index (χ3n) is 2.75. The monoisotopic (exact) mass is 318 g/mol. The van der Waals surface area contributed by atoms with Gasteiger partial charge in [-0.25, -0.2) is 5.43 Å². The predicted octanol–water partition coefficient (Wildman–Crippen LogP) is 3.21. The Morgan fingerprint density at radius 3 is 2.91 bits per heavy atom. The van der Waals surface area contributed by atoms with Crippen molar-refractivity contribution < 1.29 is 14.6 Å². The van der Waals surface area contributed by atoms with E-state index in [1.807, 2.05) is 6.92 Å². The van der Waals surface area contributed by atoms with Crippen molar-refractivity contribution in [2.75, 3.05) is 6.61 Å². The number of rotatable bonds is 5. The molecular formula is C16H15ClN2O3. The number of halogens is 1. The number of benzene rings is 2. The molecular weight excluding hydrogens is 304 g/mol. The molecule has 2 rings (SSSR count). The van der Waals surface area contributed by atoms with E-state index >= 15 is 0 Å². The molecule has 0 fully saturated rings. The Balaban J connectivity index is 2.03. The number of carbonyl (C=O) groups is 1. The molecule has 22 heavy (non-hydrogen) atoms. The van der Waals surface area contributed by atoms with Crippen molar-refractivity contribution in [1.29, 1.82) is 0 Å². The summed E-state index contributed by atoms with van der Waals surface area (Å²) in [4.78, 5) is 11.9. The largest absolute Gasteiger partial charge is 0.504 e. The summed E-state index contributed by atoms with van der Waals surface area (Å²) in [5.41, 5.74) is 3.52. The zero-order chi connectivity index (χ0) is 15.9. The second-order valence-electron chi connectivity index (χ2n) is 4.37. The molecule has 6 heteroatoms. The second-order valence-corrected chi connectivity index (χ2v) is 4.81. The Hall–Kier alpha value is -2.53. The Kier molecular flexibility index (Phi) is 5.38. The third kappa shape index (κ3) is 4.23. The maximum absolute atomic E-state index is 11.9. The normalized spacial score (nSPS) is 10.6. The van der Waals surface area contributed by atoms with Crippen molar-refractivity contribution in [1.82, 2.24) is 5.43 Å². The van der Waals surface area contributed by atoms with E-state index in [1.165, 1.54) is 12.3 Å². The van der Waals surface area contributed by atoms with Gasteiger partial charge in [-0.15, -0.1) is 0 Å². The number of nitrogens with zero attached hydrogens (tertiary/aromatic N) is 1. The number of hydrazone groups is 1. The Bertz CT molecular complexity index is 702. The van der Waals surface area contributed by atoms with Crippen LogP contribution in [0.1, 0.15) is 22.8 Å². The van der Waals surface area contributed by atoms with E-state index in [4.69, 9.17) is 16.3 Å². The third-order valence-corrected chi connectivity index (χ3v) is 2.99. The quantitative estimate of drug-likeness (QED) is 0.657. The maximum atomic E-state index is 11.9. The van der Waals surface area contributed by atoms with Crippen LogP contribution in [0.5, 0.6) is 11.5 Å². The molecule has 0 heterocycles. The summed E-state index contributed by atoms with van der Waals surface area (Å²) in [5.74, 6) is 0.0668. The van der Waals surface area contributed by atoms with Gasteiger partial charge in [0.1, 0.15) is 0 Å². The van der Waals surface area contributed by atoms with Crippen molar-refractivity contribution in [3.63, 3.8) is 0 Å². The Labute approximate surface area is 133 Å². The van der Waals surface area contributed by atoms with Crippen LogP contribution in [-0.2, 0) is 0 Å². The van der Waals surface area contributed by atoms with Crippen molar-refractivity contribution in [3.05, 3.63) is 58.6 Å². The van der Waals surface area contributed by atoms with Crippen LogP contribution in [0.3, 0.4) is 0 Å². The molecule has 2 aromatic rings. The van der Waals surface area contributed by atoms with Gasteiger partial charge in [0.2, 0.25) is 0 Å². The number of phenolic OH excluding ortho intramolecular Hbond substituents is 1. The summed E-state index contributed by atoms with van der Waals surface area (Å²) >= 11 is 5.82. The van der Waals surface area contributed by atoms with Crippen LogP contribution in [0.25, 0.3) is 0 Å². The minimum Gasteiger partial charge on any atom is -0.504 e. The van der Waals surface area contributed by atoms with E-state index in [1.54, 1.807) is 36.4 Å². The lowest BCUT2D eigenvalue weighted by molar-refractivity contribution is 0.0955. The van der Waals surface area contributed by atoms with Crippen LogP contribution in [-0.4, -0.2) is 23.8 Å². The molecule has 0 spiro atoms. The zero-order valence-corrected chi connectivity index (χ0v) is 12.7. The van der Waals surface area contributed by atoms with E-state index < -0.39 is 0 Å². The van der Waals surface area contributed by atoms with Gasteiger partial charge in [0.15, 0.2) is 11.5 Å². The first kappa shape index (κ1) is 15.9. The van der Waals surface area contributed by atoms with Gasteiger partial charge in [0.25, 0.3) is 5.91 Å². The fraction of sp³-hybridized carbons (Fsp3) is 0.125. The highest BCUT2D eigenvalue weighted by Gasteiger charge is 2.05. The van der Waals surface area contributed by atoms with Crippen LogP contribution in [0.4, 0.5) is 0 Å². The molecule has 2 N–H and O–H groups in total. The van der Waals surface area contributed by atoms with E-state index in [0.717, 1.165) is 0 Å². The van der Waals surface area contributed by atoms with Gasteiger partial charge < -0.3 is 9.84 Å². The molecule has 0 aliphatic heterocycles. The average Bonchev–Trinajstić information content (AvgIpc) is 2.50. The molecule has 0 unspecified atom stereocenters. The highest BCUT2D eigenvalue weighted by Crippen LogP contribution is 2.26. The lowest BCUT2D eigenvalue weighted by atomic mass is 10.2. The van der Waals surface area contributed by atoms with Crippen molar-refractivity contribution in [2.24, 2.45) is 5.10 Å². The number of ether oxygens (including phenoxy) is 1. The molecule has 0 bridgehead atoms. The molecule has 2 aromatic carbocycles. The summed E-state index contributed by atoms with van der Waals surface area (Å²) in [6, 6.07) is 11.4. The predicted molar refractivity (Wildman–Crippen MR) is 85.8 cm³/mol. The van der Waals surface area contributed by atoms with E-state index in [2.05, 4.69) is 10.5 Å². The van der Waals surface area contributed by atoms with Gasteiger partial charge in [-0.3, -0.25) is 4.79 Å². The Morgan fingerprint density at radius 1 is 1.36 bits per heavy atom. The van der Waals surface area contributed by atoms with Crippen LogP contribution in [0, 0.1) is 0 Å². The number of aromatic hydroxyl groups is 1. The summed E-state index contributed by atoms with van der Waals surface area (Å²) in [6.07, 6.45) is 1.46. The van der Waals surface area contributed by atoms with Crippen molar-refractivity contribution >= 4 is 23.7 Å². The standard InChI is InChI=1S/C16H15ClN2O3/c1-2-22-15-8-11(6-7-14(15)20)10-18-19-16(21)12-4-3-5-13(17)9-12/h3-10,20H,2H2,1H3,(H,19,21)/b18-10-. The summed E-state index contributed by atoms with van der Waals surface area (Å²) in [6.45, 7) is 2.27. The first-order valence-corrected chi connectivity index (χ1v) is 7.02. The molecule has 0 saturated carbocycles. The lowest BCUT2D eigenvalue weighted by Crippen LogP contribution is -2.17. The fourth-order valence-corrected chi connectivity index (χ4v) is 1.93. The minimum atomic E-state index is -0.359. The summed E-state index contributed by atoms with van der Waals surface area (Å²) < 4.78 is 5.27. The number of amides is 1. The van der Waals surface area contributed by atoms with Gasteiger partial charge >= 0.3 is 0 Å². The smallest absolute Gasteiger partial charge is 0.271 e. The van der Waals surface area contributed by atoms with Gasteiger partial charge in [-0.2, -0.15) is 5.10 Å². The van der Waals surface area contributed by atoms with Crippen molar-refractivity contribution in [3.8, 4) is 11.5 Å². The van der Waals surface area contributed by atoms with Crippen LogP contribution in [0.15, 0.2) is 47.6 Å². The first-order valence-electron chi connectivity index (χ1n) is 6.65. The number of nitrogens with one attached hydrogen (secondary N) is 1. The fourth-order valence-electron chi connectivity index (χ4n) is 1.74. The molecule has 0 aliphatic rings. The molecule has 0 saturated heterocycles. The van der Waals surface area contributed by atoms with E-state index in [-0.39, 0.29) is 11.7 Å². The molecule has 0 atom stereocenters. The number of phenols is 1. The van der Waals surface area contributed by atoms with Crippen LogP contribution < -0.4 is 10.2 Å². The number of carbonyl (C=O) groups excluding carboxylic acids is 1. The summed E-state index contributed by atoms with van der Waals surface area (Å²) in [5, 5.41) is 14.0. The highest BCUT2D eigenvalue weighted by molar-refractivity contribution is 6.30. The van der Waals surface area contributed by atoms with E-state index in [0.29, 0.717) is 28.5 Å². The molecule has 0 aromatic heterocycles. The van der Waals surface area contributed by atoms with Gasteiger partial charge in [0.05, 0.1) is 12.8 Å². The summed E-state index contributed by atoms with van der Waals surface area (Å²) in [7, 11) is 0. The minimum absolute atomic E-state index is 0.0574. The number of hydrogen-bond donors (Lipinski definition) is 2. The van der Waals surface area contributed by atoms with Crippen molar-refractivity contribution in [2.45, 2.75) is 6.92 Å². The van der Waals surface area contributed by atoms with Gasteiger partial charge in [0, 0.05) is 10.6 Å². The first-order chi connectivity index (χ1) is 10.6. The highest BCUT2D eigenvalue weighted by atomic mass is 35.5. The van der Waals surface area contributed by atoms with Crippen LogP contribution >= 0.6 is 11.6 Å². The van der Waals surface area contributed by atoms with E-state index in [9.17, 15) is 9.90 Å².